The van der Waals surface area contributed by atoms with Crippen molar-refractivity contribution in [3.63, 3.8) is 0 Å². The van der Waals surface area contributed by atoms with Crippen LogP contribution in [0.5, 0.6) is 0 Å². The molecule has 2 atom stereocenters. The number of piperidine rings is 1. The van der Waals surface area contributed by atoms with Crippen LogP contribution < -0.4 is 0 Å². The van der Waals surface area contributed by atoms with Gasteiger partial charge in [-0.1, -0.05) is 25.7 Å². The molecule has 0 aromatic carbocycles. The number of fused-ring (bicyclic) bond motifs is 1. The standard InChI is InChI=1S/C12H23N/c1-11-7-3-2-4-8-12-9-5-6-10-13(11)12/h11-12H,2-10H2,1H3. The van der Waals surface area contributed by atoms with Crippen LogP contribution >= 0.6 is 0 Å². The molecule has 0 amide bonds. The lowest BCUT2D eigenvalue weighted by molar-refractivity contribution is 0.0808. The van der Waals surface area contributed by atoms with Gasteiger partial charge >= 0.3 is 0 Å². The summed E-state index contributed by atoms with van der Waals surface area (Å²) in [5.41, 5.74) is 0. The maximum Gasteiger partial charge on any atom is 0.00980 e. The van der Waals surface area contributed by atoms with E-state index >= 15 is 0 Å². The Bertz CT molecular complexity index is 155. The van der Waals surface area contributed by atoms with Gasteiger partial charge in [-0.3, -0.25) is 4.90 Å². The van der Waals surface area contributed by atoms with E-state index in [9.17, 15) is 0 Å². The highest BCUT2D eigenvalue weighted by Crippen LogP contribution is 2.27. The van der Waals surface area contributed by atoms with Crippen LogP contribution in [0.1, 0.15) is 58.3 Å². The van der Waals surface area contributed by atoms with Crippen molar-refractivity contribution in [3.05, 3.63) is 0 Å². The third-order valence-electron chi connectivity index (χ3n) is 3.90. The van der Waals surface area contributed by atoms with Crippen LogP contribution in [0, 0.1) is 0 Å². The largest absolute Gasteiger partial charge is 0.298 e. The Morgan fingerprint density at radius 2 is 1.54 bits per heavy atom. The molecule has 0 saturated carbocycles. The first-order valence-corrected chi connectivity index (χ1v) is 6.13. The average molecular weight is 181 g/mol. The quantitative estimate of drug-likeness (QED) is 0.555. The molecule has 0 radical (unpaired) electrons. The maximum atomic E-state index is 2.79. The minimum Gasteiger partial charge on any atom is -0.298 e. The lowest BCUT2D eigenvalue weighted by Gasteiger charge is -2.41. The van der Waals surface area contributed by atoms with Crippen molar-refractivity contribution in [1.29, 1.82) is 0 Å². The highest BCUT2D eigenvalue weighted by molar-refractivity contribution is 4.82. The van der Waals surface area contributed by atoms with E-state index in [4.69, 9.17) is 0 Å². The molecular weight excluding hydrogens is 158 g/mol. The monoisotopic (exact) mass is 181 g/mol. The third kappa shape index (κ3) is 2.25. The van der Waals surface area contributed by atoms with Crippen molar-refractivity contribution in [2.45, 2.75) is 70.4 Å². The second-order valence-corrected chi connectivity index (χ2v) is 4.87. The molecule has 1 nitrogen and oxygen atoms in total. The molecule has 2 unspecified atom stereocenters. The number of hydrogen-bond acceptors (Lipinski definition) is 1. The molecule has 2 saturated heterocycles. The minimum atomic E-state index is 0.866. The molecule has 2 aliphatic rings. The van der Waals surface area contributed by atoms with Gasteiger partial charge in [0.05, 0.1) is 0 Å². The molecular formula is C12H23N. The Kier molecular flexibility index (Phi) is 3.26. The average Bonchev–Trinajstić information content (AvgIpc) is 2.14. The molecule has 0 aromatic rings. The molecule has 0 aromatic heterocycles. The van der Waals surface area contributed by atoms with E-state index in [-0.39, 0.29) is 0 Å². The van der Waals surface area contributed by atoms with Gasteiger partial charge < -0.3 is 0 Å². The molecule has 2 rings (SSSR count). The Morgan fingerprint density at radius 1 is 0.846 bits per heavy atom. The Balaban J connectivity index is 1.98. The third-order valence-corrected chi connectivity index (χ3v) is 3.90. The predicted molar refractivity (Wildman–Crippen MR) is 56.9 cm³/mol. The molecule has 2 fully saturated rings. The summed E-state index contributed by atoms with van der Waals surface area (Å²) in [5.74, 6) is 0. The molecule has 2 aliphatic heterocycles. The fourth-order valence-corrected chi connectivity index (χ4v) is 3.08. The highest BCUT2D eigenvalue weighted by atomic mass is 15.2. The first-order chi connectivity index (χ1) is 6.38. The maximum absolute atomic E-state index is 2.79. The molecule has 0 bridgehead atoms. The van der Waals surface area contributed by atoms with E-state index in [1.165, 1.54) is 57.9 Å². The molecule has 76 valence electrons. The van der Waals surface area contributed by atoms with Crippen LogP contribution in [-0.2, 0) is 0 Å². The van der Waals surface area contributed by atoms with Crippen molar-refractivity contribution >= 4 is 0 Å². The molecule has 13 heavy (non-hydrogen) atoms. The first kappa shape index (κ1) is 9.51. The van der Waals surface area contributed by atoms with Crippen LogP contribution in [0.3, 0.4) is 0 Å². The number of rotatable bonds is 0. The van der Waals surface area contributed by atoms with Crippen LogP contribution in [0.2, 0.25) is 0 Å². The molecule has 0 spiro atoms. The summed E-state index contributed by atoms with van der Waals surface area (Å²) in [6.07, 6.45) is 11.7. The van der Waals surface area contributed by atoms with Crippen molar-refractivity contribution in [3.8, 4) is 0 Å². The normalized spacial score (nSPS) is 37.6. The number of nitrogens with zero attached hydrogens (tertiary/aromatic N) is 1. The zero-order chi connectivity index (χ0) is 9.10. The van der Waals surface area contributed by atoms with Gasteiger partial charge in [0.2, 0.25) is 0 Å². The van der Waals surface area contributed by atoms with Gasteiger partial charge in [0.1, 0.15) is 0 Å². The molecule has 1 heteroatoms. The zero-order valence-corrected chi connectivity index (χ0v) is 8.97. The summed E-state index contributed by atoms with van der Waals surface area (Å²) in [6.45, 7) is 3.81. The van der Waals surface area contributed by atoms with E-state index in [0.29, 0.717) is 0 Å². The van der Waals surface area contributed by atoms with Crippen LogP contribution in [0.4, 0.5) is 0 Å². The molecule has 2 heterocycles. The van der Waals surface area contributed by atoms with Crippen molar-refractivity contribution < 1.29 is 0 Å². The molecule has 0 aliphatic carbocycles. The molecule has 0 N–H and O–H groups in total. The summed E-state index contributed by atoms with van der Waals surface area (Å²) < 4.78 is 0. The zero-order valence-electron chi connectivity index (χ0n) is 8.97. The van der Waals surface area contributed by atoms with Gasteiger partial charge in [0.15, 0.2) is 0 Å². The van der Waals surface area contributed by atoms with E-state index in [0.717, 1.165) is 12.1 Å². The predicted octanol–water partition coefficient (Wildman–Crippen LogP) is 3.19. The van der Waals surface area contributed by atoms with E-state index in [1.54, 1.807) is 0 Å². The van der Waals surface area contributed by atoms with Gasteiger partial charge in [-0.25, -0.2) is 0 Å². The fraction of sp³-hybridized carbons (Fsp3) is 1.00. The smallest absolute Gasteiger partial charge is 0.00980 e. The van der Waals surface area contributed by atoms with E-state index < -0.39 is 0 Å². The second-order valence-electron chi connectivity index (χ2n) is 4.87. The van der Waals surface area contributed by atoms with Crippen LogP contribution in [0.25, 0.3) is 0 Å². The summed E-state index contributed by atoms with van der Waals surface area (Å²) >= 11 is 0. The van der Waals surface area contributed by atoms with Crippen LogP contribution in [0.15, 0.2) is 0 Å². The second kappa shape index (κ2) is 4.45. The lowest BCUT2D eigenvalue weighted by atomic mass is 9.91. The van der Waals surface area contributed by atoms with Gasteiger partial charge in [-0.15, -0.1) is 0 Å². The lowest BCUT2D eigenvalue weighted by Crippen LogP contribution is -2.45. The highest BCUT2D eigenvalue weighted by Gasteiger charge is 2.26. The Hall–Kier alpha value is -0.0400. The van der Waals surface area contributed by atoms with Crippen molar-refractivity contribution in [2.75, 3.05) is 6.54 Å². The first-order valence-electron chi connectivity index (χ1n) is 6.13. The summed E-state index contributed by atoms with van der Waals surface area (Å²) in [6, 6.07) is 1.81. The SMILES string of the molecule is CC1CCCCCC2CCCCN12. The van der Waals surface area contributed by atoms with Crippen molar-refractivity contribution in [1.82, 2.24) is 4.90 Å². The summed E-state index contributed by atoms with van der Waals surface area (Å²) in [7, 11) is 0. The van der Waals surface area contributed by atoms with E-state index in [1.807, 2.05) is 0 Å². The number of hydrogen-bond donors (Lipinski definition) is 0. The van der Waals surface area contributed by atoms with Crippen molar-refractivity contribution in [2.24, 2.45) is 0 Å². The van der Waals surface area contributed by atoms with E-state index in [2.05, 4.69) is 11.8 Å². The van der Waals surface area contributed by atoms with Gasteiger partial charge in [0, 0.05) is 12.1 Å². The van der Waals surface area contributed by atoms with Gasteiger partial charge in [-0.05, 0) is 39.2 Å². The Labute approximate surface area is 82.5 Å². The summed E-state index contributed by atoms with van der Waals surface area (Å²) in [4.78, 5) is 2.79. The van der Waals surface area contributed by atoms with Gasteiger partial charge in [-0.2, -0.15) is 0 Å². The van der Waals surface area contributed by atoms with Crippen LogP contribution in [-0.4, -0.2) is 23.5 Å². The van der Waals surface area contributed by atoms with Gasteiger partial charge in [0.25, 0.3) is 0 Å². The minimum absolute atomic E-state index is 0.866. The fourth-order valence-electron chi connectivity index (χ4n) is 3.08. The Morgan fingerprint density at radius 3 is 2.38 bits per heavy atom. The summed E-state index contributed by atoms with van der Waals surface area (Å²) in [5, 5.41) is 0. The topological polar surface area (TPSA) is 3.24 Å².